The average molecular weight is 236 g/mol. The molecule has 0 N–H and O–H groups in total. The molecule has 4 nitrogen and oxygen atoms in total. The third kappa shape index (κ3) is 2.51. The van der Waals surface area contributed by atoms with Crippen LogP contribution in [-0.2, 0) is 9.59 Å². The Morgan fingerprint density at radius 3 is 2.59 bits per heavy atom. The van der Waals surface area contributed by atoms with E-state index in [4.69, 9.17) is 0 Å². The molecular formula is C13H20N2O2. The van der Waals surface area contributed by atoms with E-state index in [2.05, 4.69) is 19.9 Å². The number of nitrogens with zero attached hydrogens (tertiary/aromatic N) is 2. The number of amides is 2. The number of carbonyl (C=O) groups is 2. The van der Waals surface area contributed by atoms with Crippen molar-refractivity contribution in [2.24, 2.45) is 5.41 Å². The van der Waals surface area contributed by atoms with E-state index in [0.29, 0.717) is 12.1 Å². The minimum Gasteiger partial charge on any atom is -0.326 e. The van der Waals surface area contributed by atoms with Crippen molar-refractivity contribution < 1.29 is 9.59 Å². The second kappa shape index (κ2) is 4.17. The summed E-state index contributed by atoms with van der Waals surface area (Å²) in [4.78, 5) is 26.8. The molecule has 0 atom stereocenters. The lowest BCUT2D eigenvalue weighted by Crippen LogP contribution is -2.32. The molecule has 0 aromatic carbocycles. The fraction of sp³-hybridized carbons (Fsp3) is 0.692. The monoisotopic (exact) mass is 236 g/mol. The first-order valence-electron chi connectivity index (χ1n) is 6.11. The summed E-state index contributed by atoms with van der Waals surface area (Å²) in [5.74, 6) is 0.0632. The summed E-state index contributed by atoms with van der Waals surface area (Å²) in [6.07, 6.45) is 4.88. The molecule has 0 unspecified atom stereocenters. The van der Waals surface area contributed by atoms with E-state index >= 15 is 0 Å². The van der Waals surface area contributed by atoms with Crippen molar-refractivity contribution in [2.45, 2.75) is 33.1 Å². The van der Waals surface area contributed by atoms with Crippen LogP contribution in [0.15, 0.2) is 11.6 Å². The molecule has 0 bridgehead atoms. The zero-order chi connectivity index (χ0) is 12.6. The SMILES string of the molecule is CN1CN(C(=O)C2=CCC(C)(C)CC2)CC1=O. The van der Waals surface area contributed by atoms with Gasteiger partial charge in [-0.3, -0.25) is 9.59 Å². The number of hydrogen-bond donors (Lipinski definition) is 0. The third-order valence-corrected chi connectivity index (χ3v) is 3.67. The van der Waals surface area contributed by atoms with Crippen molar-refractivity contribution in [3.8, 4) is 0 Å². The molecule has 0 aromatic heterocycles. The molecular weight excluding hydrogens is 216 g/mol. The van der Waals surface area contributed by atoms with E-state index in [1.54, 1.807) is 16.8 Å². The molecule has 1 aliphatic carbocycles. The van der Waals surface area contributed by atoms with Crippen molar-refractivity contribution in [3.63, 3.8) is 0 Å². The first kappa shape index (κ1) is 12.1. The average Bonchev–Trinajstić information content (AvgIpc) is 2.58. The van der Waals surface area contributed by atoms with Crippen LogP contribution in [0.2, 0.25) is 0 Å². The summed E-state index contributed by atoms with van der Waals surface area (Å²) in [5, 5.41) is 0. The van der Waals surface area contributed by atoms with E-state index < -0.39 is 0 Å². The van der Waals surface area contributed by atoms with Crippen molar-refractivity contribution in [1.82, 2.24) is 9.80 Å². The van der Waals surface area contributed by atoms with Gasteiger partial charge in [0, 0.05) is 12.6 Å². The van der Waals surface area contributed by atoms with Crippen molar-refractivity contribution in [2.75, 3.05) is 20.3 Å². The highest BCUT2D eigenvalue weighted by atomic mass is 16.2. The van der Waals surface area contributed by atoms with E-state index in [9.17, 15) is 9.59 Å². The molecule has 2 aliphatic rings. The van der Waals surface area contributed by atoms with Gasteiger partial charge in [-0.05, 0) is 24.7 Å². The Morgan fingerprint density at radius 2 is 2.12 bits per heavy atom. The van der Waals surface area contributed by atoms with Crippen LogP contribution < -0.4 is 0 Å². The second-order valence-electron chi connectivity index (χ2n) is 5.83. The van der Waals surface area contributed by atoms with Gasteiger partial charge in [0.05, 0.1) is 6.67 Å². The first-order valence-corrected chi connectivity index (χ1v) is 6.11. The number of likely N-dealkylation sites (N-methyl/N-ethyl adjacent to an activating group) is 1. The van der Waals surface area contributed by atoms with E-state index in [0.717, 1.165) is 24.8 Å². The van der Waals surface area contributed by atoms with Gasteiger partial charge in [0.15, 0.2) is 0 Å². The Morgan fingerprint density at radius 1 is 1.41 bits per heavy atom. The van der Waals surface area contributed by atoms with Crippen molar-refractivity contribution >= 4 is 11.8 Å². The summed E-state index contributed by atoms with van der Waals surface area (Å²) in [6, 6.07) is 0. The van der Waals surface area contributed by atoms with Gasteiger partial charge in [-0.2, -0.15) is 0 Å². The second-order valence-corrected chi connectivity index (χ2v) is 5.83. The smallest absolute Gasteiger partial charge is 0.251 e. The lowest BCUT2D eigenvalue weighted by Gasteiger charge is -2.29. The van der Waals surface area contributed by atoms with Gasteiger partial charge >= 0.3 is 0 Å². The van der Waals surface area contributed by atoms with Crippen molar-refractivity contribution in [3.05, 3.63) is 11.6 Å². The standard InChI is InChI=1S/C13H20N2O2/c1-13(2)6-4-10(5-7-13)12(17)15-8-11(16)14(3)9-15/h4H,5-9H2,1-3H3. The molecule has 0 radical (unpaired) electrons. The number of carbonyl (C=O) groups excluding carboxylic acids is 2. The molecule has 17 heavy (non-hydrogen) atoms. The maximum Gasteiger partial charge on any atom is 0.251 e. The van der Waals surface area contributed by atoms with E-state index in [1.165, 1.54) is 0 Å². The van der Waals surface area contributed by atoms with E-state index in [-0.39, 0.29) is 18.4 Å². The van der Waals surface area contributed by atoms with Gasteiger partial charge in [0.25, 0.3) is 5.91 Å². The minimum absolute atomic E-state index is 0.0232. The Hall–Kier alpha value is -1.32. The molecule has 2 rings (SSSR count). The Balaban J connectivity index is 2.02. The van der Waals surface area contributed by atoms with E-state index in [1.807, 2.05) is 0 Å². The van der Waals surface area contributed by atoms with Crippen LogP contribution in [0.3, 0.4) is 0 Å². The summed E-state index contributed by atoms with van der Waals surface area (Å²) in [5.41, 5.74) is 1.19. The molecule has 0 spiro atoms. The molecule has 1 heterocycles. The Labute approximate surface area is 102 Å². The zero-order valence-corrected chi connectivity index (χ0v) is 10.8. The molecule has 0 saturated carbocycles. The third-order valence-electron chi connectivity index (χ3n) is 3.67. The highest BCUT2D eigenvalue weighted by Gasteiger charge is 2.32. The quantitative estimate of drug-likeness (QED) is 0.690. The van der Waals surface area contributed by atoms with Crippen LogP contribution in [0.5, 0.6) is 0 Å². The summed E-state index contributed by atoms with van der Waals surface area (Å²) in [6.45, 7) is 5.10. The normalized spacial score (nSPS) is 23.9. The molecule has 94 valence electrons. The van der Waals surface area contributed by atoms with Crippen LogP contribution >= 0.6 is 0 Å². The summed E-state index contributed by atoms with van der Waals surface area (Å²) >= 11 is 0. The lowest BCUT2D eigenvalue weighted by atomic mass is 9.78. The van der Waals surface area contributed by atoms with Gasteiger partial charge in [-0.25, -0.2) is 0 Å². The molecule has 4 heteroatoms. The predicted molar refractivity (Wildman–Crippen MR) is 65.1 cm³/mol. The van der Waals surface area contributed by atoms with Gasteiger partial charge in [-0.15, -0.1) is 0 Å². The van der Waals surface area contributed by atoms with Gasteiger partial charge in [0.1, 0.15) is 6.54 Å². The van der Waals surface area contributed by atoms with Crippen LogP contribution in [0.1, 0.15) is 33.1 Å². The highest BCUT2D eigenvalue weighted by molar-refractivity contribution is 5.97. The van der Waals surface area contributed by atoms with Crippen molar-refractivity contribution in [1.29, 1.82) is 0 Å². The fourth-order valence-corrected chi connectivity index (χ4v) is 2.28. The molecule has 1 saturated heterocycles. The predicted octanol–water partition coefficient (Wildman–Crippen LogP) is 1.38. The molecule has 2 amide bonds. The maximum atomic E-state index is 12.2. The van der Waals surface area contributed by atoms with Crippen LogP contribution in [0, 0.1) is 5.41 Å². The van der Waals surface area contributed by atoms with Crippen LogP contribution in [0.4, 0.5) is 0 Å². The minimum atomic E-state index is 0.0232. The maximum absolute atomic E-state index is 12.2. The zero-order valence-electron chi connectivity index (χ0n) is 10.8. The fourth-order valence-electron chi connectivity index (χ4n) is 2.28. The Kier molecular flexibility index (Phi) is 2.98. The van der Waals surface area contributed by atoms with Gasteiger partial charge in [0.2, 0.25) is 5.91 Å². The summed E-state index contributed by atoms with van der Waals surface area (Å²) < 4.78 is 0. The number of rotatable bonds is 1. The molecule has 1 aliphatic heterocycles. The molecule has 0 aromatic rings. The lowest BCUT2D eigenvalue weighted by molar-refractivity contribution is -0.129. The largest absolute Gasteiger partial charge is 0.326 e. The Bertz CT molecular complexity index is 385. The molecule has 1 fully saturated rings. The van der Waals surface area contributed by atoms with Gasteiger partial charge in [-0.1, -0.05) is 19.9 Å². The van der Waals surface area contributed by atoms with Crippen LogP contribution in [-0.4, -0.2) is 41.9 Å². The topological polar surface area (TPSA) is 40.6 Å². The van der Waals surface area contributed by atoms with Crippen LogP contribution in [0.25, 0.3) is 0 Å². The van der Waals surface area contributed by atoms with Gasteiger partial charge < -0.3 is 9.80 Å². The summed E-state index contributed by atoms with van der Waals surface area (Å²) in [7, 11) is 1.73. The number of allylic oxidation sites excluding steroid dienone is 1. The number of hydrogen-bond acceptors (Lipinski definition) is 2. The highest BCUT2D eigenvalue weighted by Crippen LogP contribution is 2.34. The first-order chi connectivity index (χ1) is 7.89.